The predicted molar refractivity (Wildman–Crippen MR) is 80.4 cm³/mol. The van der Waals surface area contributed by atoms with Gasteiger partial charge in [-0.15, -0.1) is 11.3 Å². The minimum Gasteiger partial charge on any atom is -0.477 e. The maximum atomic E-state index is 12.8. The van der Waals surface area contributed by atoms with Crippen LogP contribution in [0.3, 0.4) is 0 Å². The molecule has 1 amide bonds. The Morgan fingerprint density at radius 2 is 2.24 bits per heavy atom. The lowest BCUT2D eigenvalue weighted by Crippen LogP contribution is -2.56. The van der Waals surface area contributed by atoms with Gasteiger partial charge in [-0.1, -0.05) is 6.07 Å². The van der Waals surface area contributed by atoms with Gasteiger partial charge in [-0.25, -0.2) is 4.79 Å². The van der Waals surface area contributed by atoms with Crippen LogP contribution in [0.1, 0.15) is 32.6 Å². The zero-order chi connectivity index (χ0) is 15.6. The average molecular weight is 309 g/mol. The molecule has 1 aliphatic heterocycles. The summed E-state index contributed by atoms with van der Waals surface area (Å²) in [6.45, 7) is 7.16. The van der Waals surface area contributed by atoms with Gasteiger partial charge in [0.25, 0.3) is 5.91 Å². The van der Waals surface area contributed by atoms with Crippen LogP contribution in [0.4, 0.5) is 0 Å². The van der Waals surface area contributed by atoms with Gasteiger partial charge in [0.2, 0.25) is 0 Å². The van der Waals surface area contributed by atoms with Crippen LogP contribution < -0.4 is 0 Å². The summed E-state index contributed by atoms with van der Waals surface area (Å²) in [7, 11) is 0. The Bertz CT molecular complexity index is 575. The largest absolute Gasteiger partial charge is 0.477 e. The highest BCUT2D eigenvalue weighted by Gasteiger charge is 2.43. The van der Waals surface area contributed by atoms with Gasteiger partial charge in [0.05, 0.1) is 12.2 Å². The Kier molecular flexibility index (Phi) is 4.37. The monoisotopic (exact) mass is 309 g/mol. The van der Waals surface area contributed by atoms with E-state index in [-0.39, 0.29) is 19.2 Å². The van der Waals surface area contributed by atoms with Crippen LogP contribution in [0, 0.1) is 0 Å². The van der Waals surface area contributed by atoms with E-state index >= 15 is 0 Å². The quantitative estimate of drug-likeness (QED) is 0.802. The average Bonchev–Trinajstić information content (AvgIpc) is 2.92. The van der Waals surface area contributed by atoms with E-state index in [2.05, 4.69) is 0 Å². The van der Waals surface area contributed by atoms with Crippen molar-refractivity contribution in [1.82, 2.24) is 4.90 Å². The van der Waals surface area contributed by atoms with E-state index in [4.69, 9.17) is 9.47 Å². The van der Waals surface area contributed by atoms with E-state index in [1.165, 1.54) is 16.2 Å². The van der Waals surface area contributed by atoms with E-state index in [0.717, 1.165) is 4.88 Å². The zero-order valence-corrected chi connectivity index (χ0v) is 13.5. The standard InChI is InChI=1S/C15H19NO4S/c1-5-19-14(18)15(3,4)16-9-20-10(2)12(13(16)17)11-7-6-8-21-11/h6-8H,5,9H2,1-4H3. The number of hydrogen-bond acceptors (Lipinski definition) is 5. The molecule has 6 heteroatoms. The summed E-state index contributed by atoms with van der Waals surface area (Å²) in [5.74, 6) is -0.0651. The minimum atomic E-state index is -1.07. The van der Waals surface area contributed by atoms with Crippen molar-refractivity contribution in [2.24, 2.45) is 0 Å². The number of thiophene rings is 1. The molecule has 0 bridgehead atoms. The first-order valence-electron chi connectivity index (χ1n) is 6.76. The van der Waals surface area contributed by atoms with Gasteiger partial charge in [0.1, 0.15) is 11.3 Å². The lowest BCUT2D eigenvalue weighted by atomic mass is 10.0. The molecule has 0 saturated carbocycles. The first-order valence-corrected chi connectivity index (χ1v) is 7.64. The molecule has 0 spiro atoms. The van der Waals surface area contributed by atoms with Crippen molar-refractivity contribution in [2.45, 2.75) is 33.2 Å². The van der Waals surface area contributed by atoms with E-state index in [1.807, 2.05) is 17.5 Å². The highest BCUT2D eigenvalue weighted by molar-refractivity contribution is 7.11. The smallest absolute Gasteiger partial charge is 0.331 e. The minimum absolute atomic E-state index is 0.0470. The highest BCUT2D eigenvalue weighted by atomic mass is 32.1. The summed E-state index contributed by atoms with van der Waals surface area (Å²) in [4.78, 5) is 27.1. The zero-order valence-electron chi connectivity index (χ0n) is 12.6. The van der Waals surface area contributed by atoms with Crippen molar-refractivity contribution in [3.63, 3.8) is 0 Å². The van der Waals surface area contributed by atoms with Gasteiger partial charge in [-0.3, -0.25) is 9.69 Å². The maximum absolute atomic E-state index is 12.8. The number of esters is 1. The first kappa shape index (κ1) is 15.6. The van der Waals surface area contributed by atoms with E-state index < -0.39 is 11.5 Å². The number of carbonyl (C=O) groups is 2. The van der Waals surface area contributed by atoms with Crippen LogP contribution in [-0.2, 0) is 19.1 Å². The predicted octanol–water partition coefficient (Wildman–Crippen LogP) is 2.64. The summed E-state index contributed by atoms with van der Waals surface area (Å²) >= 11 is 1.47. The Hall–Kier alpha value is -1.82. The van der Waals surface area contributed by atoms with Crippen LogP contribution in [-0.4, -0.2) is 35.7 Å². The molecule has 5 nitrogen and oxygen atoms in total. The third kappa shape index (κ3) is 2.81. The topological polar surface area (TPSA) is 55.8 Å². The molecule has 0 aromatic carbocycles. The molecule has 0 radical (unpaired) electrons. The normalized spacial score (nSPS) is 16.0. The molecular weight excluding hydrogens is 290 g/mol. The van der Waals surface area contributed by atoms with Crippen LogP contribution in [0.15, 0.2) is 23.3 Å². The summed E-state index contributed by atoms with van der Waals surface area (Å²) < 4.78 is 10.7. The van der Waals surface area contributed by atoms with Crippen molar-refractivity contribution in [3.8, 4) is 0 Å². The number of hydrogen-bond donors (Lipinski definition) is 0. The second-order valence-electron chi connectivity index (χ2n) is 5.19. The molecule has 0 saturated heterocycles. The molecule has 0 unspecified atom stereocenters. The van der Waals surface area contributed by atoms with Gasteiger partial charge in [-0.2, -0.15) is 0 Å². The van der Waals surface area contributed by atoms with Crippen molar-refractivity contribution < 1.29 is 19.1 Å². The number of nitrogens with zero attached hydrogens (tertiary/aromatic N) is 1. The lowest BCUT2D eigenvalue weighted by Gasteiger charge is -2.39. The Morgan fingerprint density at radius 1 is 1.52 bits per heavy atom. The number of allylic oxidation sites excluding steroid dienone is 1. The van der Waals surface area contributed by atoms with Crippen molar-refractivity contribution in [2.75, 3.05) is 13.3 Å². The molecule has 0 aliphatic carbocycles. The van der Waals surface area contributed by atoms with Gasteiger partial charge in [-0.05, 0) is 39.1 Å². The van der Waals surface area contributed by atoms with Gasteiger partial charge in [0.15, 0.2) is 6.73 Å². The number of rotatable bonds is 4. The molecule has 0 N–H and O–H groups in total. The fraction of sp³-hybridized carbons (Fsp3) is 0.467. The van der Waals surface area contributed by atoms with Crippen LogP contribution in [0.25, 0.3) is 5.57 Å². The van der Waals surface area contributed by atoms with Crippen molar-refractivity contribution >= 4 is 28.8 Å². The van der Waals surface area contributed by atoms with Crippen molar-refractivity contribution in [1.29, 1.82) is 0 Å². The molecule has 0 atom stereocenters. The van der Waals surface area contributed by atoms with Gasteiger partial charge < -0.3 is 9.47 Å². The molecule has 21 heavy (non-hydrogen) atoms. The summed E-state index contributed by atoms with van der Waals surface area (Å²) in [5, 5.41) is 1.90. The van der Waals surface area contributed by atoms with Gasteiger partial charge in [0, 0.05) is 4.88 Å². The van der Waals surface area contributed by atoms with Crippen LogP contribution in [0.5, 0.6) is 0 Å². The summed E-state index contributed by atoms with van der Waals surface area (Å²) in [5.41, 5.74) is -0.565. The Balaban J connectivity index is 2.34. The number of amides is 1. The molecule has 1 aromatic rings. The second kappa shape index (κ2) is 5.89. The van der Waals surface area contributed by atoms with E-state index in [0.29, 0.717) is 11.3 Å². The SMILES string of the molecule is CCOC(=O)C(C)(C)N1COC(C)=C(c2cccs2)C1=O. The number of carbonyl (C=O) groups excluding carboxylic acids is 2. The van der Waals surface area contributed by atoms with Crippen LogP contribution in [0.2, 0.25) is 0 Å². The molecule has 2 rings (SSSR count). The third-order valence-corrected chi connectivity index (χ3v) is 4.33. The first-order chi connectivity index (χ1) is 9.89. The van der Waals surface area contributed by atoms with E-state index in [1.54, 1.807) is 27.7 Å². The lowest BCUT2D eigenvalue weighted by molar-refractivity contribution is -0.165. The fourth-order valence-electron chi connectivity index (χ4n) is 2.11. The highest BCUT2D eigenvalue weighted by Crippen LogP contribution is 2.32. The Labute approximate surface area is 128 Å². The maximum Gasteiger partial charge on any atom is 0.331 e. The molecule has 2 heterocycles. The molecule has 0 fully saturated rings. The number of ether oxygens (including phenoxy) is 2. The fourth-order valence-corrected chi connectivity index (χ4v) is 2.92. The van der Waals surface area contributed by atoms with Crippen molar-refractivity contribution in [3.05, 3.63) is 28.1 Å². The molecule has 1 aliphatic rings. The molecular formula is C15H19NO4S. The molecule has 1 aromatic heterocycles. The second-order valence-corrected chi connectivity index (χ2v) is 6.14. The van der Waals surface area contributed by atoms with Crippen LogP contribution >= 0.6 is 11.3 Å². The van der Waals surface area contributed by atoms with E-state index in [9.17, 15) is 9.59 Å². The van der Waals surface area contributed by atoms with Gasteiger partial charge >= 0.3 is 5.97 Å². The third-order valence-electron chi connectivity index (χ3n) is 3.44. The summed E-state index contributed by atoms with van der Waals surface area (Å²) in [6, 6.07) is 3.74. The molecule has 114 valence electrons. The Morgan fingerprint density at radius 3 is 2.81 bits per heavy atom. The summed E-state index contributed by atoms with van der Waals surface area (Å²) in [6.07, 6.45) is 0.